The number of primary amides is 1. The van der Waals surface area contributed by atoms with Crippen LogP contribution in [0.2, 0.25) is 0 Å². The number of carbonyl (C=O) groups excluding carboxylic acids is 1. The molecule has 0 aliphatic carbocycles. The summed E-state index contributed by atoms with van der Waals surface area (Å²) in [5, 5.41) is 0. The van der Waals surface area contributed by atoms with Crippen molar-refractivity contribution in [2.24, 2.45) is 5.73 Å². The number of amides is 1. The van der Waals surface area contributed by atoms with Crippen LogP contribution in [0.1, 0.15) is 31.4 Å². The zero-order valence-corrected chi connectivity index (χ0v) is 12.8. The van der Waals surface area contributed by atoms with Gasteiger partial charge in [0.25, 0.3) is 0 Å². The van der Waals surface area contributed by atoms with E-state index in [0.717, 1.165) is 48.9 Å². The van der Waals surface area contributed by atoms with Crippen LogP contribution < -0.4 is 5.73 Å². The first kappa shape index (κ1) is 14.5. The second-order valence-corrected chi connectivity index (χ2v) is 6.04. The van der Waals surface area contributed by atoms with Crippen molar-refractivity contribution in [1.82, 2.24) is 9.88 Å². The van der Waals surface area contributed by atoms with Gasteiger partial charge in [0.1, 0.15) is 4.60 Å². The van der Waals surface area contributed by atoms with Crippen molar-refractivity contribution in [2.45, 2.75) is 37.6 Å². The number of halogens is 1. The SMILES string of the molecule is CN1CCC[C@]1(CCCc1cccc(Br)n1)C(N)=O. The molecule has 1 aromatic heterocycles. The van der Waals surface area contributed by atoms with Crippen LogP contribution in [0.25, 0.3) is 0 Å². The molecular formula is C14H20BrN3O. The number of pyridine rings is 1. The molecule has 2 rings (SSSR count). The number of hydrogen-bond donors (Lipinski definition) is 1. The van der Waals surface area contributed by atoms with Crippen LogP contribution in [0.5, 0.6) is 0 Å². The topological polar surface area (TPSA) is 59.2 Å². The number of hydrogen-bond acceptors (Lipinski definition) is 3. The van der Waals surface area contributed by atoms with Gasteiger partial charge in [-0.2, -0.15) is 0 Å². The molecule has 0 unspecified atom stereocenters. The fraction of sp³-hybridized carbons (Fsp3) is 0.571. The van der Waals surface area contributed by atoms with E-state index < -0.39 is 5.54 Å². The zero-order chi connectivity index (χ0) is 13.9. The van der Waals surface area contributed by atoms with Crippen molar-refractivity contribution >= 4 is 21.8 Å². The van der Waals surface area contributed by atoms with Gasteiger partial charge in [-0.05, 0) is 73.8 Å². The van der Waals surface area contributed by atoms with E-state index in [1.165, 1.54) is 0 Å². The highest BCUT2D eigenvalue weighted by atomic mass is 79.9. The van der Waals surface area contributed by atoms with Crippen molar-refractivity contribution in [3.05, 3.63) is 28.5 Å². The highest BCUT2D eigenvalue weighted by Crippen LogP contribution is 2.32. The summed E-state index contributed by atoms with van der Waals surface area (Å²) in [4.78, 5) is 18.3. The number of likely N-dealkylation sites (N-methyl/N-ethyl adjacent to an activating group) is 1. The van der Waals surface area contributed by atoms with E-state index in [9.17, 15) is 4.79 Å². The van der Waals surface area contributed by atoms with Gasteiger partial charge in [-0.3, -0.25) is 9.69 Å². The van der Waals surface area contributed by atoms with Gasteiger partial charge in [0.05, 0.1) is 5.54 Å². The molecule has 0 bridgehead atoms. The third kappa shape index (κ3) is 3.15. The number of nitrogens with zero attached hydrogens (tertiary/aromatic N) is 2. The van der Waals surface area contributed by atoms with E-state index in [4.69, 9.17) is 5.73 Å². The van der Waals surface area contributed by atoms with Gasteiger partial charge < -0.3 is 5.73 Å². The average Bonchev–Trinajstić information content (AvgIpc) is 2.72. The number of carbonyl (C=O) groups is 1. The van der Waals surface area contributed by atoms with Gasteiger partial charge in [-0.15, -0.1) is 0 Å². The molecule has 1 aliphatic heterocycles. The second kappa shape index (κ2) is 6.01. The Labute approximate surface area is 122 Å². The van der Waals surface area contributed by atoms with Gasteiger partial charge in [0, 0.05) is 5.69 Å². The van der Waals surface area contributed by atoms with Crippen LogP contribution in [-0.2, 0) is 11.2 Å². The van der Waals surface area contributed by atoms with Gasteiger partial charge >= 0.3 is 0 Å². The van der Waals surface area contributed by atoms with Crippen molar-refractivity contribution in [3.63, 3.8) is 0 Å². The van der Waals surface area contributed by atoms with Gasteiger partial charge in [0.15, 0.2) is 0 Å². The van der Waals surface area contributed by atoms with E-state index in [1.54, 1.807) is 0 Å². The summed E-state index contributed by atoms with van der Waals surface area (Å²) < 4.78 is 0.854. The maximum Gasteiger partial charge on any atom is 0.237 e. The Hall–Kier alpha value is -0.940. The number of aromatic nitrogens is 1. The first-order chi connectivity index (χ1) is 9.04. The normalized spacial score (nSPS) is 23.7. The lowest BCUT2D eigenvalue weighted by molar-refractivity contribution is -0.128. The summed E-state index contributed by atoms with van der Waals surface area (Å²) >= 11 is 3.37. The lowest BCUT2D eigenvalue weighted by Gasteiger charge is -2.33. The maximum absolute atomic E-state index is 11.8. The average molecular weight is 326 g/mol. The zero-order valence-electron chi connectivity index (χ0n) is 11.2. The van der Waals surface area contributed by atoms with Gasteiger partial charge in [0.2, 0.25) is 5.91 Å². The smallest absolute Gasteiger partial charge is 0.237 e. The quantitative estimate of drug-likeness (QED) is 0.843. The number of rotatable bonds is 5. The number of nitrogens with two attached hydrogens (primary N) is 1. The summed E-state index contributed by atoms with van der Waals surface area (Å²) in [6.07, 6.45) is 4.55. The molecule has 104 valence electrons. The molecule has 0 aromatic carbocycles. The molecule has 4 nitrogen and oxygen atoms in total. The van der Waals surface area contributed by atoms with Crippen molar-refractivity contribution in [2.75, 3.05) is 13.6 Å². The van der Waals surface area contributed by atoms with Crippen LogP contribution in [0.3, 0.4) is 0 Å². The molecule has 2 N–H and O–H groups in total. The Kier molecular flexibility index (Phi) is 4.58. The summed E-state index contributed by atoms with van der Waals surface area (Å²) in [6, 6.07) is 5.91. The third-order valence-corrected chi connectivity index (χ3v) is 4.51. The van der Waals surface area contributed by atoms with Crippen LogP contribution in [0.4, 0.5) is 0 Å². The molecule has 0 spiro atoms. The minimum Gasteiger partial charge on any atom is -0.368 e. The maximum atomic E-state index is 11.8. The Morgan fingerprint density at radius 3 is 2.95 bits per heavy atom. The Balaban J connectivity index is 1.95. The molecule has 1 aromatic rings. The van der Waals surface area contributed by atoms with Crippen molar-refractivity contribution in [3.8, 4) is 0 Å². The fourth-order valence-corrected chi connectivity index (χ4v) is 3.30. The van der Waals surface area contributed by atoms with E-state index in [1.807, 2.05) is 25.2 Å². The molecule has 1 aliphatic rings. The molecule has 1 atom stereocenters. The molecule has 1 fully saturated rings. The van der Waals surface area contributed by atoms with Crippen LogP contribution in [0.15, 0.2) is 22.8 Å². The van der Waals surface area contributed by atoms with Crippen molar-refractivity contribution < 1.29 is 4.79 Å². The molecule has 1 saturated heterocycles. The summed E-state index contributed by atoms with van der Waals surface area (Å²) in [5.41, 5.74) is 6.24. The molecule has 0 saturated carbocycles. The molecule has 1 amide bonds. The highest BCUT2D eigenvalue weighted by Gasteiger charge is 2.43. The van der Waals surface area contributed by atoms with Crippen LogP contribution in [0, 0.1) is 0 Å². The summed E-state index contributed by atoms with van der Waals surface area (Å²) in [7, 11) is 2.00. The standard InChI is InChI=1S/C14H20BrN3O/c1-18-10-4-9-14(18,13(16)19)8-3-6-11-5-2-7-12(15)17-11/h2,5,7H,3-4,6,8-10H2,1H3,(H2,16,19)/t14-/m1/s1. The minimum absolute atomic E-state index is 0.185. The fourth-order valence-electron chi connectivity index (χ4n) is 2.92. The van der Waals surface area contributed by atoms with Crippen molar-refractivity contribution in [1.29, 1.82) is 0 Å². The number of aryl methyl sites for hydroxylation is 1. The van der Waals surface area contributed by atoms with Crippen LogP contribution in [-0.4, -0.2) is 34.9 Å². The molecular weight excluding hydrogens is 306 g/mol. The van der Waals surface area contributed by atoms with Gasteiger partial charge in [-0.25, -0.2) is 4.98 Å². The highest BCUT2D eigenvalue weighted by molar-refractivity contribution is 9.10. The summed E-state index contributed by atoms with van der Waals surface area (Å²) in [6.45, 7) is 0.956. The second-order valence-electron chi connectivity index (χ2n) is 5.23. The lowest BCUT2D eigenvalue weighted by atomic mass is 9.89. The summed E-state index contributed by atoms with van der Waals surface area (Å²) in [5.74, 6) is -0.185. The Bertz CT molecular complexity index is 466. The molecule has 5 heteroatoms. The Morgan fingerprint density at radius 1 is 1.58 bits per heavy atom. The lowest BCUT2D eigenvalue weighted by Crippen LogP contribution is -2.52. The van der Waals surface area contributed by atoms with E-state index >= 15 is 0 Å². The largest absolute Gasteiger partial charge is 0.368 e. The minimum atomic E-state index is -0.438. The first-order valence-electron chi connectivity index (χ1n) is 6.67. The van der Waals surface area contributed by atoms with Gasteiger partial charge in [-0.1, -0.05) is 6.07 Å². The Morgan fingerprint density at radius 2 is 2.37 bits per heavy atom. The first-order valence-corrected chi connectivity index (χ1v) is 7.46. The monoisotopic (exact) mass is 325 g/mol. The predicted molar refractivity (Wildman–Crippen MR) is 78.7 cm³/mol. The van der Waals surface area contributed by atoms with Crippen LogP contribution >= 0.6 is 15.9 Å². The number of likely N-dealkylation sites (tertiary alicyclic amines) is 1. The molecule has 19 heavy (non-hydrogen) atoms. The predicted octanol–water partition coefficient (Wildman–Crippen LogP) is 2.12. The van der Waals surface area contributed by atoms with E-state index in [0.29, 0.717) is 0 Å². The van der Waals surface area contributed by atoms with E-state index in [-0.39, 0.29) is 5.91 Å². The molecule has 0 radical (unpaired) electrons. The molecule has 2 heterocycles. The third-order valence-electron chi connectivity index (χ3n) is 4.07. The van der Waals surface area contributed by atoms with E-state index in [2.05, 4.69) is 25.8 Å².